The second-order valence-electron chi connectivity index (χ2n) is 8.40. The van der Waals surface area contributed by atoms with Gasteiger partial charge in [0.15, 0.2) is 0 Å². The van der Waals surface area contributed by atoms with Crippen LogP contribution in [0.2, 0.25) is 5.02 Å². The van der Waals surface area contributed by atoms with Gasteiger partial charge in [-0.1, -0.05) is 17.7 Å². The van der Waals surface area contributed by atoms with Crippen LogP contribution in [0, 0.1) is 5.41 Å². The predicted octanol–water partition coefficient (Wildman–Crippen LogP) is 3.30. The van der Waals surface area contributed by atoms with Crippen molar-refractivity contribution in [2.24, 2.45) is 5.41 Å². The first kappa shape index (κ1) is 24.5. The molecule has 29 heavy (non-hydrogen) atoms. The largest absolute Gasteiger partial charge is 0.369 e. The maximum absolute atomic E-state index is 12.8. The first-order chi connectivity index (χ1) is 13.1. The normalized spacial score (nSPS) is 24.3. The van der Waals surface area contributed by atoms with E-state index >= 15 is 0 Å². The van der Waals surface area contributed by atoms with Crippen LogP contribution in [0.3, 0.4) is 0 Å². The highest BCUT2D eigenvalue weighted by atomic mass is 35.5. The van der Waals surface area contributed by atoms with Crippen LogP contribution < -0.4 is 10.2 Å². The van der Waals surface area contributed by atoms with Crippen molar-refractivity contribution in [2.75, 3.05) is 57.8 Å². The van der Waals surface area contributed by atoms with Gasteiger partial charge in [-0.25, -0.2) is 0 Å². The van der Waals surface area contributed by atoms with E-state index in [2.05, 4.69) is 27.2 Å². The molecule has 0 aromatic heterocycles. The Morgan fingerprint density at radius 2 is 1.83 bits per heavy atom. The zero-order valence-corrected chi connectivity index (χ0v) is 19.5. The minimum absolute atomic E-state index is 0. The third-order valence-electron chi connectivity index (χ3n) is 6.83. The van der Waals surface area contributed by atoms with Crippen molar-refractivity contribution in [3.8, 4) is 0 Å². The topological polar surface area (TPSA) is 38.8 Å². The molecule has 0 saturated carbocycles. The van der Waals surface area contributed by atoms with Crippen molar-refractivity contribution in [1.82, 2.24) is 15.1 Å². The van der Waals surface area contributed by atoms with E-state index in [0.29, 0.717) is 11.9 Å². The lowest BCUT2D eigenvalue weighted by atomic mass is 9.76. The van der Waals surface area contributed by atoms with Gasteiger partial charge in [0.1, 0.15) is 0 Å². The van der Waals surface area contributed by atoms with Crippen LogP contribution in [-0.4, -0.2) is 74.6 Å². The monoisotopic (exact) mass is 462 g/mol. The zero-order valence-electron chi connectivity index (χ0n) is 17.1. The van der Waals surface area contributed by atoms with E-state index in [4.69, 9.17) is 11.6 Å². The van der Waals surface area contributed by atoms with Gasteiger partial charge in [0, 0.05) is 56.5 Å². The first-order valence-corrected chi connectivity index (χ1v) is 10.7. The number of benzene rings is 1. The Morgan fingerprint density at radius 3 is 2.48 bits per heavy atom. The number of amides is 1. The third kappa shape index (κ3) is 5.31. The Kier molecular flexibility index (Phi) is 8.92. The molecule has 1 atom stereocenters. The SMILES string of the molecule is CN1C(=O)C2(CCNCC2)C[C@@H]1CCN1CCN(c2cccc(Cl)c2)CC1.Cl.Cl. The van der Waals surface area contributed by atoms with E-state index in [-0.39, 0.29) is 30.2 Å². The van der Waals surface area contributed by atoms with Gasteiger partial charge in [0.25, 0.3) is 0 Å². The van der Waals surface area contributed by atoms with Crippen LogP contribution in [0.25, 0.3) is 0 Å². The number of nitrogens with one attached hydrogen (secondary N) is 1. The number of carbonyl (C=O) groups excluding carboxylic acids is 1. The van der Waals surface area contributed by atoms with E-state index in [0.717, 1.165) is 76.5 Å². The number of piperazine rings is 1. The van der Waals surface area contributed by atoms with Gasteiger partial charge < -0.3 is 15.1 Å². The summed E-state index contributed by atoms with van der Waals surface area (Å²) in [4.78, 5) is 19.8. The molecule has 3 fully saturated rings. The van der Waals surface area contributed by atoms with Crippen molar-refractivity contribution in [1.29, 1.82) is 0 Å². The number of piperidine rings is 1. The second-order valence-corrected chi connectivity index (χ2v) is 8.84. The van der Waals surface area contributed by atoms with Gasteiger partial charge in [0.2, 0.25) is 5.91 Å². The van der Waals surface area contributed by atoms with E-state index in [1.54, 1.807) is 0 Å². The minimum Gasteiger partial charge on any atom is -0.369 e. The van der Waals surface area contributed by atoms with E-state index in [9.17, 15) is 4.79 Å². The van der Waals surface area contributed by atoms with Crippen molar-refractivity contribution in [3.63, 3.8) is 0 Å². The minimum atomic E-state index is -0.0735. The highest BCUT2D eigenvalue weighted by Gasteiger charge is 2.49. The number of hydrogen-bond acceptors (Lipinski definition) is 4. The first-order valence-electron chi connectivity index (χ1n) is 10.3. The molecule has 3 saturated heterocycles. The van der Waals surface area contributed by atoms with Crippen LogP contribution in [0.4, 0.5) is 5.69 Å². The summed E-state index contributed by atoms with van der Waals surface area (Å²) in [6.45, 7) is 7.28. The molecular weight excluding hydrogens is 431 g/mol. The molecule has 1 aromatic carbocycles. The molecule has 1 spiro atoms. The molecule has 4 rings (SSSR count). The molecule has 1 amide bonds. The summed E-state index contributed by atoms with van der Waals surface area (Å²) in [6, 6.07) is 8.54. The molecule has 3 aliphatic heterocycles. The predicted molar refractivity (Wildman–Crippen MR) is 125 cm³/mol. The Hall–Kier alpha value is -0.720. The smallest absolute Gasteiger partial charge is 0.228 e. The zero-order chi connectivity index (χ0) is 18.9. The average Bonchev–Trinajstić information content (AvgIpc) is 2.92. The van der Waals surface area contributed by atoms with Crippen LogP contribution in [0.1, 0.15) is 25.7 Å². The standard InChI is InChI=1S/C21H31ClN4O.2ClH/c1-24-19(16-21(20(24)27)6-8-23-9-7-21)5-10-25-11-13-26(14-12-25)18-4-2-3-17(22)15-18;;/h2-4,15,19,23H,5-14,16H2,1H3;2*1H/t19-;;/m0../s1. The van der Waals surface area contributed by atoms with Gasteiger partial charge in [-0.15, -0.1) is 24.8 Å². The highest BCUT2D eigenvalue weighted by molar-refractivity contribution is 6.30. The van der Waals surface area contributed by atoms with Gasteiger partial charge in [0.05, 0.1) is 5.41 Å². The number of carbonyl (C=O) groups is 1. The lowest BCUT2D eigenvalue weighted by Crippen LogP contribution is -2.47. The van der Waals surface area contributed by atoms with Crippen molar-refractivity contribution in [3.05, 3.63) is 29.3 Å². The number of halogens is 3. The summed E-state index contributed by atoms with van der Waals surface area (Å²) in [7, 11) is 2.01. The van der Waals surface area contributed by atoms with Gasteiger partial charge >= 0.3 is 0 Å². The number of rotatable bonds is 4. The van der Waals surface area contributed by atoms with Crippen LogP contribution in [0.5, 0.6) is 0 Å². The molecular formula is C21H33Cl3N4O. The molecule has 8 heteroatoms. The molecule has 0 aliphatic carbocycles. The summed E-state index contributed by atoms with van der Waals surface area (Å²) in [5, 5.41) is 4.20. The van der Waals surface area contributed by atoms with Crippen LogP contribution in [-0.2, 0) is 4.79 Å². The second kappa shape index (κ2) is 10.5. The lowest BCUT2D eigenvalue weighted by Gasteiger charge is -2.37. The van der Waals surface area contributed by atoms with Crippen LogP contribution >= 0.6 is 36.4 Å². The highest BCUT2D eigenvalue weighted by Crippen LogP contribution is 2.43. The molecule has 5 nitrogen and oxygen atoms in total. The molecule has 0 bridgehead atoms. The Labute approximate surface area is 191 Å². The van der Waals surface area contributed by atoms with Crippen LogP contribution in [0.15, 0.2) is 24.3 Å². The van der Waals surface area contributed by atoms with E-state index in [1.165, 1.54) is 5.69 Å². The lowest BCUT2D eigenvalue weighted by molar-refractivity contribution is -0.136. The summed E-state index contributed by atoms with van der Waals surface area (Å²) in [5.41, 5.74) is 1.15. The summed E-state index contributed by atoms with van der Waals surface area (Å²) < 4.78 is 0. The van der Waals surface area contributed by atoms with Gasteiger partial charge in [-0.05, 0) is 57.0 Å². The Morgan fingerprint density at radius 1 is 1.14 bits per heavy atom. The fourth-order valence-corrected chi connectivity index (χ4v) is 5.25. The van der Waals surface area contributed by atoms with E-state index < -0.39 is 0 Å². The maximum Gasteiger partial charge on any atom is 0.228 e. The van der Waals surface area contributed by atoms with E-state index in [1.807, 2.05) is 24.1 Å². The molecule has 164 valence electrons. The molecule has 1 N–H and O–H groups in total. The summed E-state index contributed by atoms with van der Waals surface area (Å²) in [5.74, 6) is 0.389. The molecule has 3 aliphatic rings. The average molecular weight is 464 g/mol. The number of hydrogen-bond donors (Lipinski definition) is 1. The van der Waals surface area contributed by atoms with Crippen molar-refractivity contribution < 1.29 is 4.79 Å². The molecule has 0 unspecified atom stereocenters. The maximum atomic E-state index is 12.8. The summed E-state index contributed by atoms with van der Waals surface area (Å²) in [6.07, 6.45) is 4.15. The summed E-state index contributed by atoms with van der Waals surface area (Å²) >= 11 is 6.13. The van der Waals surface area contributed by atoms with Gasteiger partial charge in [-0.3, -0.25) is 9.69 Å². The molecule has 0 radical (unpaired) electrons. The Balaban J connectivity index is 0.00000150. The van der Waals surface area contributed by atoms with Crippen molar-refractivity contribution >= 4 is 48.0 Å². The van der Waals surface area contributed by atoms with Gasteiger partial charge in [-0.2, -0.15) is 0 Å². The number of likely N-dealkylation sites (tertiary alicyclic amines) is 1. The fourth-order valence-electron chi connectivity index (χ4n) is 5.07. The fraction of sp³-hybridized carbons (Fsp3) is 0.667. The quantitative estimate of drug-likeness (QED) is 0.744. The van der Waals surface area contributed by atoms with Crippen molar-refractivity contribution in [2.45, 2.75) is 31.7 Å². The molecule has 3 heterocycles. The number of nitrogens with zero attached hydrogens (tertiary/aromatic N) is 3. The molecule has 1 aromatic rings. The Bertz CT molecular complexity index is 676. The number of anilines is 1. The third-order valence-corrected chi connectivity index (χ3v) is 7.07.